The number of halogens is 1. The Hall–Kier alpha value is -3.55. The second-order valence-corrected chi connectivity index (χ2v) is 8.67. The third-order valence-corrected chi connectivity index (χ3v) is 5.57. The molecule has 0 bridgehead atoms. The summed E-state index contributed by atoms with van der Waals surface area (Å²) >= 11 is 5.90. The number of unbranched alkanes of at least 4 members (excludes halogenated alkanes) is 1. The molecule has 1 atom stereocenters. The third kappa shape index (κ3) is 8.96. The van der Waals surface area contributed by atoms with Crippen LogP contribution in [0.3, 0.4) is 0 Å². The molecule has 3 aromatic carbocycles. The zero-order valence-electron chi connectivity index (χ0n) is 19.7. The topological polar surface area (TPSA) is 105 Å². The van der Waals surface area contributed by atoms with E-state index in [1.54, 1.807) is 24.3 Å². The molecule has 35 heavy (non-hydrogen) atoms. The molecule has 184 valence electrons. The number of hydrogen-bond donors (Lipinski definition) is 4. The Morgan fingerprint density at radius 3 is 2.17 bits per heavy atom. The molecular weight excluding hydrogens is 464 g/mol. The minimum Gasteiger partial charge on any atom is -0.489 e. The predicted octanol–water partition coefficient (Wildman–Crippen LogP) is 5.49. The summed E-state index contributed by atoms with van der Waals surface area (Å²) in [5, 5.41) is 9.09. The molecule has 0 unspecified atom stereocenters. The molecule has 0 spiro atoms. The van der Waals surface area contributed by atoms with Gasteiger partial charge in [0.2, 0.25) is 5.91 Å². The van der Waals surface area contributed by atoms with Gasteiger partial charge in [0.15, 0.2) is 0 Å². The van der Waals surface area contributed by atoms with E-state index in [1.165, 1.54) is 0 Å². The van der Waals surface area contributed by atoms with Gasteiger partial charge < -0.3 is 26.4 Å². The second-order valence-electron chi connectivity index (χ2n) is 8.23. The highest BCUT2D eigenvalue weighted by molar-refractivity contribution is 6.30. The summed E-state index contributed by atoms with van der Waals surface area (Å²) in [5.74, 6) is 0.398. The fourth-order valence-electron chi connectivity index (χ4n) is 3.34. The first-order valence-electron chi connectivity index (χ1n) is 11.6. The molecule has 0 radical (unpaired) electrons. The fraction of sp³-hybridized carbons (Fsp3) is 0.259. The summed E-state index contributed by atoms with van der Waals surface area (Å²) in [5.41, 5.74) is 8.95. The van der Waals surface area contributed by atoms with Gasteiger partial charge in [-0.3, -0.25) is 4.79 Å². The summed E-state index contributed by atoms with van der Waals surface area (Å²) in [7, 11) is 0. The summed E-state index contributed by atoms with van der Waals surface area (Å²) < 4.78 is 5.77. The van der Waals surface area contributed by atoms with E-state index in [9.17, 15) is 9.59 Å². The van der Waals surface area contributed by atoms with Crippen LogP contribution in [0.1, 0.15) is 30.4 Å². The number of hydrogen-bond acceptors (Lipinski definition) is 4. The van der Waals surface area contributed by atoms with Crippen molar-refractivity contribution in [3.05, 3.63) is 88.9 Å². The fourth-order valence-corrected chi connectivity index (χ4v) is 3.46. The molecule has 0 saturated carbocycles. The van der Waals surface area contributed by atoms with Crippen LogP contribution in [0.2, 0.25) is 5.02 Å². The SMILES string of the molecule is Cc1ccc(NC(=O)[C@H](CCCCN)NC(=O)Nc2ccc(OCc3ccc(Cl)cc3)cc2)cc1. The number of carbonyl (C=O) groups excluding carboxylic acids is 2. The maximum atomic E-state index is 12.8. The Kier molecular flexibility index (Phi) is 9.95. The highest BCUT2D eigenvalue weighted by atomic mass is 35.5. The lowest BCUT2D eigenvalue weighted by Gasteiger charge is -2.19. The van der Waals surface area contributed by atoms with E-state index in [0.29, 0.717) is 41.7 Å². The van der Waals surface area contributed by atoms with Gasteiger partial charge in [0.1, 0.15) is 18.4 Å². The van der Waals surface area contributed by atoms with Crippen LogP contribution >= 0.6 is 11.6 Å². The lowest BCUT2D eigenvalue weighted by atomic mass is 10.1. The van der Waals surface area contributed by atoms with Crippen molar-refractivity contribution in [2.75, 3.05) is 17.2 Å². The smallest absolute Gasteiger partial charge is 0.319 e. The summed E-state index contributed by atoms with van der Waals surface area (Å²) in [6.45, 7) is 2.92. The number of benzene rings is 3. The monoisotopic (exact) mass is 494 g/mol. The van der Waals surface area contributed by atoms with E-state index in [0.717, 1.165) is 24.0 Å². The molecule has 3 amide bonds. The summed E-state index contributed by atoms with van der Waals surface area (Å²) in [6.07, 6.45) is 1.98. The molecule has 0 aliphatic carbocycles. The number of rotatable bonds is 11. The van der Waals surface area contributed by atoms with Crippen LogP contribution in [0.25, 0.3) is 0 Å². The molecule has 5 N–H and O–H groups in total. The van der Waals surface area contributed by atoms with Crippen LogP contribution in [0.4, 0.5) is 16.2 Å². The van der Waals surface area contributed by atoms with Crippen molar-refractivity contribution in [3.8, 4) is 5.75 Å². The number of ether oxygens (including phenoxy) is 1. The van der Waals surface area contributed by atoms with Crippen LogP contribution in [0.5, 0.6) is 5.75 Å². The van der Waals surface area contributed by atoms with Gasteiger partial charge >= 0.3 is 6.03 Å². The Labute approximate surface area is 211 Å². The molecule has 0 heterocycles. The first-order valence-corrected chi connectivity index (χ1v) is 11.9. The van der Waals surface area contributed by atoms with Crippen molar-refractivity contribution in [2.45, 2.75) is 38.8 Å². The maximum absolute atomic E-state index is 12.8. The maximum Gasteiger partial charge on any atom is 0.319 e. The minimum atomic E-state index is -0.690. The Balaban J connectivity index is 1.53. The standard InChI is InChI=1S/C27H31ClN4O3/c1-19-5-11-22(12-6-19)30-26(33)25(4-2-3-17-29)32-27(34)31-23-13-15-24(16-14-23)35-18-20-7-9-21(28)10-8-20/h5-16,25H,2-4,17-18,29H2,1H3,(H,30,33)(H2,31,32,34)/t25-/m0/s1. The van der Waals surface area contributed by atoms with E-state index in [-0.39, 0.29) is 5.91 Å². The summed E-state index contributed by atoms with van der Waals surface area (Å²) in [6, 6.07) is 20.8. The van der Waals surface area contributed by atoms with Crippen molar-refractivity contribution in [2.24, 2.45) is 5.73 Å². The van der Waals surface area contributed by atoms with Crippen LogP contribution in [-0.4, -0.2) is 24.5 Å². The number of aryl methyl sites for hydroxylation is 1. The highest BCUT2D eigenvalue weighted by Crippen LogP contribution is 2.18. The number of nitrogens with one attached hydrogen (secondary N) is 3. The van der Waals surface area contributed by atoms with Crippen LogP contribution in [0, 0.1) is 6.92 Å². The molecule has 7 nitrogen and oxygen atoms in total. The minimum absolute atomic E-state index is 0.271. The van der Waals surface area contributed by atoms with Crippen molar-refractivity contribution in [1.82, 2.24) is 5.32 Å². The first kappa shape index (κ1) is 26.1. The molecule has 0 fully saturated rings. The van der Waals surface area contributed by atoms with Gasteiger partial charge in [-0.2, -0.15) is 0 Å². The van der Waals surface area contributed by atoms with Crippen molar-refractivity contribution >= 4 is 34.9 Å². The number of amides is 3. The lowest BCUT2D eigenvalue weighted by molar-refractivity contribution is -0.118. The average molecular weight is 495 g/mol. The highest BCUT2D eigenvalue weighted by Gasteiger charge is 2.20. The van der Waals surface area contributed by atoms with Gasteiger partial charge in [-0.25, -0.2) is 4.79 Å². The molecule has 8 heteroatoms. The zero-order valence-corrected chi connectivity index (χ0v) is 20.5. The molecule has 0 aliphatic rings. The van der Waals surface area contributed by atoms with Crippen LogP contribution in [0.15, 0.2) is 72.8 Å². The Morgan fingerprint density at radius 1 is 0.886 bits per heavy atom. The second kappa shape index (κ2) is 13.4. The van der Waals surface area contributed by atoms with Gasteiger partial charge in [-0.05, 0) is 86.8 Å². The van der Waals surface area contributed by atoms with Gasteiger partial charge in [0, 0.05) is 16.4 Å². The van der Waals surface area contributed by atoms with Gasteiger partial charge in [-0.15, -0.1) is 0 Å². The van der Waals surface area contributed by atoms with Crippen molar-refractivity contribution < 1.29 is 14.3 Å². The quantitative estimate of drug-likeness (QED) is 0.265. The number of nitrogens with two attached hydrogens (primary N) is 1. The molecule has 3 rings (SSSR count). The molecule has 3 aromatic rings. The van der Waals surface area contributed by atoms with Crippen molar-refractivity contribution in [1.29, 1.82) is 0 Å². The Morgan fingerprint density at radius 2 is 1.51 bits per heavy atom. The van der Waals surface area contributed by atoms with E-state index in [4.69, 9.17) is 22.1 Å². The average Bonchev–Trinajstić information content (AvgIpc) is 2.85. The van der Waals surface area contributed by atoms with Gasteiger partial charge in [0.25, 0.3) is 0 Å². The molecule has 0 aliphatic heterocycles. The first-order chi connectivity index (χ1) is 16.9. The molecule has 0 saturated heterocycles. The van der Waals surface area contributed by atoms with Gasteiger partial charge in [0.05, 0.1) is 0 Å². The number of anilines is 2. The van der Waals surface area contributed by atoms with Crippen LogP contribution < -0.4 is 26.4 Å². The van der Waals surface area contributed by atoms with E-state index >= 15 is 0 Å². The van der Waals surface area contributed by atoms with Gasteiger partial charge in [-0.1, -0.05) is 41.4 Å². The number of urea groups is 1. The van der Waals surface area contributed by atoms with E-state index in [2.05, 4.69) is 16.0 Å². The predicted molar refractivity (Wildman–Crippen MR) is 141 cm³/mol. The molecular formula is C27H31ClN4O3. The zero-order chi connectivity index (χ0) is 25.0. The molecule has 0 aromatic heterocycles. The third-order valence-electron chi connectivity index (χ3n) is 5.32. The Bertz CT molecular complexity index is 1090. The number of carbonyl (C=O) groups is 2. The normalized spacial score (nSPS) is 11.4. The van der Waals surface area contributed by atoms with Crippen LogP contribution in [-0.2, 0) is 11.4 Å². The van der Waals surface area contributed by atoms with E-state index in [1.807, 2.05) is 55.5 Å². The lowest BCUT2D eigenvalue weighted by Crippen LogP contribution is -2.45. The van der Waals surface area contributed by atoms with Crippen molar-refractivity contribution in [3.63, 3.8) is 0 Å². The largest absolute Gasteiger partial charge is 0.489 e. The van der Waals surface area contributed by atoms with E-state index < -0.39 is 12.1 Å². The summed E-state index contributed by atoms with van der Waals surface area (Å²) in [4.78, 5) is 25.4.